The molecule has 0 radical (unpaired) electrons. The second kappa shape index (κ2) is 14.7. The lowest BCUT2D eigenvalue weighted by Crippen LogP contribution is -2.43. The molecule has 1 aromatic carbocycles. The van der Waals surface area contributed by atoms with Crippen LogP contribution in [0.15, 0.2) is 47.1 Å². The fourth-order valence-corrected chi connectivity index (χ4v) is 7.23. The van der Waals surface area contributed by atoms with E-state index in [1.54, 1.807) is 19.5 Å². The number of benzene rings is 1. The first-order chi connectivity index (χ1) is 23.1. The van der Waals surface area contributed by atoms with E-state index in [9.17, 15) is 9.59 Å². The monoisotopic (exact) mass is 656 g/mol. The largest absolute Gasteiger partial charge is 0.496 e. The van der Waals surface area contributed by atoms with Crippen molar-refractivity contribution in [1.29, 1.82) is 0 Å². The van der Waals surface area contributed by atoms with Crippen LogP contribution in [0.1, 0.15) is 114 Å². The maximum absolute atomic E-state index is 14.4. The molecule has 0 spiro atoms. The van der Waals surface area contributed by atoms with Gasteiger partial charge in [-0.05, 0) is 118 Å². The molecule has 3 aliphatic rings. The zero-order valence-corrected chi connectivity index (χ0v) is 29.3. The number of hydrogen-bond acceptors (Lipinski definition) is 7. The van der Waals surface area contributed by atoms with E-state index in [4.69, 9.17) is 18.9 Å². The van der Waals surface area contributed by atoms with Gasteiger partial charge in [0.15, 0.2) is 11.7 Å². The quantitative estimate of drug-likeness (QED) is 0.233. The van der Waals surface area contributed by atoms with E-state index < -0.39 is 0 Å². The molecular formula is C39H52N4O5. The van der Waals surface area contributed by atoms with Gasteiger partial charge in [0, 0.05) is 36.7 Å². The number of aryl methyl sites for hydroxylation is 1. The van der Waals surface area contributed by atoms with Gasteiger partial charge >= 0.3 is 6.09 Å². The van der Waals surface area contributed by atoms with Crippen molar-refractivity contribution >= 4 is 17.8 Å². The molecule has 2 heterocycles. The summed E-state index contributed by atoms with van der Waals surface area (Å²) in [5, 5.41) is 2.88. The first-order valence-electron chi connectivity index (χ1n) is 17.9. The molecule has 3 aliphatic carbocycles. The molecule has 9 heteroatoms. The van der Waals surface area contributed by atoms with E-state index in [-0.39, 0.29) is 29.4 Å². The molecule has 9 nitrogen and oxygen atoms in total. The number of nitrogens with one attached hydrogen (secondary N) is 1. The number of amides is 2. The number of methoxy groups -OCH3 is 1. The number of alkyl carbamates (subject to hydrolysis) is 1. The Morgan fingerprint density at radius 1 is 0.938 bits per heavy atom. The van der Waals surface area contributed by atoms with Crippen LogP contribution in [0.25, 0.3) is 11.3 Å². The van der Waals surface area contributed by atoms with Gasteiger partial charge in [-0.1, -0.05) is 32.9 Å². The zero-order chi connectivity index (χ0) is 33.8. The Bertz CT molecular complexity index is 1560. The summed E-state index contributed by atoms with van der Waals surface area (Å²) in [4.78, 5) is 38.0. The third-order valence-corrected chi connectivity index (χ3v) is 10.3. The molecule has 0 saturated heterocycles. The zero-order valence-electron chi connectivity index (χ0n) is 29.3. The first-order valence-corrected chi connectivity index (χ1v) is 17.9. The molecule has 2 amide bonds. The molecule has 0 bridgehead atoms. The van der Waals surface area contributed by atoms with Crippen LogP contribution in [-0.4, -0.2) is 48.3 Å². The lowest BCUT2D eigenvalue weighted by Gasteiger charge is -2.35. The van der Waals surface area contributed by atoms with Crippen molar-refractivity contribution in [1.82, 2.24) is 15.3 Å². The predicted octanol–water partition coefficient (Wildman–Crippen LogP) is 8.57. The van der Waals surface area contributed by atoms with Crippen molar-refractivity contribution < 1.29 is 23.5 Å². The van der Waals surface area contributed by atoms with Crippen LogP contribution in [0.2, 0.25) is 0 Å². The van der Waals surface area contributed by atoms with Gasteiger partial charge in [-0.2, -0.15) is 0 Å². The minimum Gasteiger partial charge on any atom is -0.496 e. The lowest BCUT2D eigenvalue weighted by molar-refractivity contribution is -0.124. The summed E-state index contributed by atoms with van der Waals surface area (Å²) in [7, 11) is 1.72. The summed E-state index contributed by atoms with van der Waals surface area (Å²) in [6, 6.07) is 10.5. The molecule has 258 valence electrons. The number of carbonyl (C=O) groups excluding carboxylic acids is 2. The van der Waals surface area contributed by atoms with Crippen LogP contribution < -0.4 is 15.0 Å². The highest BCUT2D eigenvalue weighted by Gasteiger charge is 2.35. The summed E-state index contributed by atoms with van der Waals surface area (Å²) in [5.74, 6) is 4.39. The van der Waals surface area contributed by atoms with Crippen LogP contribution in [0.5, 0.6) is 5.75 Å². The Labute approximate surface area is 285 Å². The van der Waals surface area contributed by atoms with Gasteiger partial charge in [-0.15, -0.1) is 0 Å². The lowest BCUT2D eigenvalue weighted by atomic mass is 9.78. The van der Waals surface area contributed by atoms with Gasteiger partial charge in [0.2, 0.25) is 5.91 Å². The highest BCUT2D eigenvalue weighted by atomic mass is 16.6. The summed E-state index contributed by atoms with van der Waals surface area (Å²) in [6.45, 7) is 9.52. The van der Waals surface area contributed by atoms with E-state index in [0.717, 1.165) is 55.7 Å². The number of rotatable bonds is 10. The topological polar surface area (TPSA) is 107 Å². The van der Waals surface area contributed by atoms with Gasteiger partial charge in [0.05, 0.1) is 13.3 Å². The van der Waals surface area contributed by atoms with Crippen LogP contribution in [0.4, 0.5) is 10.6 Å². The maximum Gasteiger partial charge on any atom is 0.407 e. The Morgan fingerprint density at radius 3 is 2.33 bits per heavy atom. The fourth-order valence-electron chi connectivity index (χ4n) is 7.23. The highest BCUT2D eigenvalue weighted by molar-refractivity contribution is 5.94. The number of pyridine rings is 1. The Hall–Kier alpha value is -3.88. The van der Waals surface area contributed by atoms with Crippen LogP contribution in [0.3, 0.4) is 0 Å². The van der Waals surface area contributed by atoms with Gasteiger partial charge in [0.25, 0.3) is 0 Å². The third kappa shape index (κ3) is 8.58. The normalized spacial score (nSPS) is 22.9. The van der Waals surface area contributed by atoms with E-state index in [0.29, 0.717) is 68.1 Å². The molecular weight excluding hydrogens is 604 g/mol. The van der Waals surface area contributed by atoms with Crippen molar-refractivity contribution in [2.75, 3.05) is 25.1 Å². The van der Waals surface area contributed by atoms with Crippen LogP contribution in [-0.2, 0) is 9.53 Å². The number of anilines is 1. The maximum atomic E-state index is 14.4. The molecule has 3 saturated carbocycles. The third-order valence-electron chi connectivity index (χ3n) is 10.3. The molecule has 48 heavy (non-hydrogen) atoms. The highest BCUT2D eigenvalue weighted by Crippen LogP contribution is 2.41. The Morgan fingerprint density at radius 2 is 1.67 bits per heavy atom. The number of ether oxygens (including phenoxy) is 2. The molecule has 0 unspecified atom stereocenters. The Kier molecular flexibility index (Phi) is 10.4. The minimum absolute atomic E-state index is 0.0151. The van der Waals surface area contributed by atoms with Crippen molar-refractivity contribution in [3.63, 3.8) is 0 Å². The molecule has 3 fully saturated rings. The van der Waals surface area contributed by atoms with Gasteiger partial charge in [-0.3, -0.25) is 9.69 Å². The average molecular weight is 657 g/mol. The number of hydrogen-bond donors (Lipinski definition) is 1. The van der Waals surface area contributed by atoms with Crippen molar-refractivity contribution in [3.8, 4) is 17.1 Å². The SMILES string of the molecule is COc1ccc(C2CCC(CN(C(=O)C3CCC(OC(=O)NCC(C)(C)C)CC3)c3cc(-c4cnc(C5CC5)o4)ccn3)CC2)cc1C. The molecule has 0 aliphatic heterocycles. The first kappa shape index (κ1) is 34.0. The number of aromatic nitrogens is 2. The smallest absolute Gasteiger partial charge is 0.407 e. The second-order valence-electron chi connectivity index (χ2n) is 15.4. The minimum atomic E-state index is -0.375. The summed E-state index contributed by atoms with van der Waals surface area (Å²) < 4.78 is 17.3. The average Bonchev–Trinajstić information content (AvgIpc) is 3.82. The standard InChI is InChI=1S/C39H52N4O5/c1-25-20-30(14-17-33(25)46-5)27-8-6-26(7-9-27)23-43(35-21-31(18-19-40-35)34-22-41-36(48-34)28-10-11-28)37(44)29-12-15-32(16-13-29)47-38(45)42-24-39(2,3)4/h14,17-22,26-29,32H,6-13,15-16,23-24H2,1-5H3,(H,42,45). The van der Waals surface area contributed by atoms with E-state index >= 15 is 0 Å². The fraction of sp³-hybridized carbons (Fsp3) is 0.590. The molecule has 6 rings (SSSR count). The van der Waals surface area contributed by atoms with Crippen molar-refractivity contribution in [2.45, 2.75) is 110 Å². The summed E-state index contributed by atoms with van der Waals surface area (Å²) >= 11 is 0. The summed E-state index contributed by atoms with van der Waals surface area (Å²) in [5.41, 5.74) is 3.41. The summed E-state index contributed by atoms with van der Waals surface area (Å²) in [6.07, 6.45) is 12.3. The van der Waals surface area contributed by atoms with E-state index in [1.165, 1.54) is 11.1 Å². The molecule has 0 atom stereocenters. The predicted molar refractivity (Wildman–Crippen MR) is 186 cm³/mol. The molecule has 1 N–H and O–H groups in total. The van der Waals surface area contributed by atoms with Gasteiger partial charge in [-0.25, -0.2) is 14.8 Å². The Balaban J connectivity index is 1.14. The van der Waals surface area contributed by atoms with Crippen LogP contribution >= 0.6 is 0 Å². The van der Waals surface area contributed by atoms with Gasteiger partial charge in [0.1, 0.15) is 17.7 Å². The number of carbonyl (C=O) groups is 2. The van der Waals surface area contributed by atoms with Crippen molar-refractivity contribution in [2.24, 2.45) is 17.3 Å². The van der Waals surface area contributed by atoms with Crippen molar-refractivity contribution in [3.05, 3.63) is 59.7 Å². The number of nitrogens with zero attached hydrogens (tertiary/aromatic N) is 3. The van der Waals surface area contributed by atoms with Crippen LogP contribution in [0, 0.1) is 24.2 Å². The van der Waals surface area contributed by atoms with Gasteiger partial charge < -0.3 is 19.2 Å². The van der Waals surface area contributed by atoms with E-state index in [1.807, 2.05) is 17.0 Å². The second-order valence-corrected chi connectivity index (χ2v) is 15.4. The van der Waals surface area contributed by atoms with E-state index in [2.05, 4.69) is 56.2 Å². The number of oxazole rings is 1. The molecule has 3 aromatic rings. The molecule has 2 aromatic heterocycles.